The number of anilines is 1. The molecule has 0 spiro atoms. The Bertz CT molecular complexity index is 801. The van der Waals surface area contributed by atoms with Crippen LogP contribution in [0, 0.1) is 5.82 Å². The third-order valence-electron chi connectivity index (χ3n) is 4.39. The minimum absolute atomic E-state index is 0.260. The molecule has 0 N–H and O–H groups in total. The molecule has 0 aromatic carbocycles. The van der Waals surface area contributed by atoms with Crippen molar-refractivity contribution in [3.05, 3.63) is 58.9 Å². The maximum atomic E-state index is 14.0. The van der Waals surface area contributed by atoms with Gasteiger partial charge in [0.1, 0.15) is 5.82 Å². The van der Waals surface area contributed by atoms with E-state index in [1.807, 2.05) is 22.8 Å². The average Bonchev–Trinajstić information content (AvgIpc) is 3.28. The lowest BCUT2D eigenvalue weighted by molar-refractivity contribution is 0.467. The van der Waals surface area contributed by atoms with Crippen molar-refractivity contribution in [3.63, 3.8) is 0 Å². The van der Waals surface area contributed by atoms with Gasteiger partial charge in [-0.2, -0.15) is 0 Å². The van der Waals surface area contributed by atoms with Gasteiger partial charge in [-0.25, -0.2) is 19.3 Å². The molecule has 1 fully saturated rings. The van der Waals surface area contributed by atoms with Gasteiger partial charge in [0.15, 0.2) is 11.6 Å². The van der Waals surface area contributed by atoms with Crippen LogP contribution in [0.5, 0.6) is 0 Å². The summed E-state index contributed by atoms with van der Waals surface area (Å²) in [5.41, 5.74) is 2.89. The molecule has 3 aromatic rings. The van der Waals surface area contributed by atoms with Crippen molar-refractivity contribution in [2.75, 3.05) is 18.0 Å². The van der Waals surface area contributed by atoms with Gasteiger partial charge in [-0.1, -0.05) is 0 Å². The number of nitrogens with zero attached hydrogens (tertiary/aromatic N) is 5. The van der Waals surface area contributed by atoms with Crippen molar-refractivity contribution in [1.29, 1.82) is 0 Å². The van der Waals surface area contributed by atoms with E-state index in [1.165, 1.54) is 6.07 Å². The fraction of sp³-hybridized carbons (Fsp3) is 0.353. The van der Waals surface area contributed by atoms with Crippen LogP contribution in [0.25, 0.3) is 0 Å². The molecule has 24 heavy (non-hydrogen) atoms. The highest BCUT2D eigenvalue weighted by Crippen LogP contribution is 2.29. The van der Waals surface area contributed by atoms with E-state index < -0.39 is 0 Å². The Morgan fingerprint density at radius 3 is 3.04 bits per heavy atom. The summed E-state index contributed by atoms with van der Waals surface area (Å²) >= 11 is 1.60. The summed E-state index contributed by atoms with van der Waals surface area (Å²) in [6.45, 7) is 2.30. The Kier molecular flexibility index (Phi) is 4.25. The Morgan fingerprint density at radius 1 is 1.25 bits per heavy atom. The maximum absolute atomic E-state index is 14.0. The zero-order valence-electron chi connectivity index (χ0n) is 13.2. The summed E-state index contributed by atoms with van der Waals surface area (Å²) in [6.07, 6.45) is 7.53. The first-order valence-corrected chi connectivity index (χ1v) is 8.99. The van der Waals surface area contributed by atoms with Crippen LogP contribution in [0.1, 0.15) is 30.3 Å². The molecule has 1 aliphatic heterocycles. The number of aromatic nitrogens is 4. The van der Waals surface area contributed by atoms with Crippen LogP contribution in [0.2, 0.25) is 0 Å². The molecule has 3 aromatic heterocycles. The second-order valence-electron chi connectivity index (χ2n) is 5.99. The summed E-state index contributed by atoms with van der Waals surface area (Å²) < 4.78 is 16.2. The maximum Gasteiger partial charge on any atom is 0.165 e. The minimum atomic E-state index is -0.260. The minimum Gasteiger partial charge on any atom is -0.353 e. The number of hydrogen-bond acceptors (Lipinski definition) is 5. The highest BCUT2D eigenvalue weighted by atomic mass is 32.1. The van der Waals surface area contributed by atoms with Gasteiger partial charge in [0.25, 0.3) is 0 Å². The second kappa shape index (κ2) is 6.68. The molecule has 5 nitrogen and oxygen atoms in total. The van der Waals surface area contributed by atoms with Crippen LogP contribution in [0.4, 0.5) is 10.2 Å². The molecule has 1 atom stereocenters. The fourth-order valence-corrected chi connectivity index (χ4v) is 3.84. The van der Waals surface area contributed by atoms with Crippen LogP contribution in [-0.4, -0.2) is 32.6 Å². The van der Waals surface area contributed by atoms with Gasteiger partial charge in [0, 0.05) is 43.0 Å². The smallest absolute Gasteiger partial charge is 0.165 e. The number of thiazole rings is 1. The molecule has 1 aliphatic rings. The summed E-state index contributed by atoms with van der Waals surface area (Å²) in [6, 6.07) is 3.09. The van der Waals surface area contributed by atoms with Crippen molar-refractivity contribution < 1.29 is 4.39 Å². The van der Waals surface area contributed by atoms with E-state index >= 15 is 0 Å². The number of imidazole rings is 1. The van der Waals surface area contributed by atoms with Gasteiger partial charge in [-0.15, -0.1) is 11.3 Å². The van der Waals surface area contributed by atoms with Crippen molar-refractivity contribution in [1.82, 2.24) is 19.5 Å². The predicted molar refractivity (Wildman–Crippen MR) is 91.8 cm³/mol. The van der Waals surface area contributed by atoms with Crippen molar-refractivity contribution >= 4 is 17.2 Å². The van der Waals surface area contributed by atoms with E-state index in [0.717, 1.165) is 44.0 Å². The van der Waals surface area contributed by atoms with Crippen molar-refractivity contribution in [2.24, 2.45) is 0 Å². The number of hydrogen-bond donors (Lipinski definition) is 0. The van der Waals surface area contributed by atoms with Crippen molar-refractivity contribution in [2.45, 2.75) is 25.3 Å². The first-order chi connectivity index (χ1) is 11.8. The lowest BCUT2D eigenvalue weighted by atomic mass is 9.97. The molecule has 1 saturated heterocycles. The molecule has 124 valence electrons. The average molecular weight is 343 g/mol. The van der Waals surface area contributed by atoms with E-state index in [4.69, 9.17) is 0 Å². The van der Waals surface area contributed by atoms with Crippen LogP contribution >= 0.6 is 11.3 Å². The van der Waals surface area contributed by atoms with Gasteiger partial charge < -0.3 is 9.47 Å². The highest BCUT2D eigenvalue weighted by molar-refractivity contribution is 7.07. The van der Waals surface area contributed by atoms with Crippen LogP contribution in [0.15, 0.2) is 41.6 Å². The number of piperidine rings is 1. The van der Waals surface area contributed by atoms with E-state index in [1.54, 1.807) is 23.6 Å². The van der Waals surface area contributed by atoms with Gasteiger partial charge in [-0.3, -0.25) is 0 Å². The number of rotatable bonds is 4. The molecule has 0 aliphatic carbocycles. The van der Waals surface area contributed by atoms with E-state index in [-0.39, 0.29) is 11.7 Å². The molecule has 1 unspecified atom stereocenters. The SMILES string of the molecule is Fc1cccnc1N1CCCC(c2nccn2Cc2cscn2)C1. The third kappa shape index (κ3) is 3.03. The summed E-state index contributed by atoms with van der Waals surface area (Å²) in [4.78, 5) is 15.2. The topological polar surface area (TPSA) is 46.8 Å². The molecule has 0 amide bonds. The Balaban J connectivity index is 1.55. The normalized spacial score (nSPS) is 18.0. The monoisotopic (exact) mass is 343 g/mol. The highest BCUT2D eigenvalue weighted by Gasteiger charge is 2.26. The second-order valence-corrected chi connectivity index (χ2v) is 6.71. The van der Waals surface area contributed by atoms with Gasteiger partial charge in [0.05, 0.1) is 17.7 Å². The first kappa shape index (κ1) is 15.3. The van der Waals surface area contributed by atoms with Gasteiger partial charge in [-0.05, 0) is 25.0 Å². The van der Waals surface area contributed by atoms with Gasteiger partial charge >= 0.3 is 0 Å². The molecule has 4 rings (SSSR count). The summed E-state index contributed by atoms with van der Waals surface area (Å²) in [5, 5.41) is 2.06. The van der Waals surface area contributed by atoms with Crippen molar-refractivity contribution in [3.8, 4) is 0 Å². The standard InChI is InChI=1S/C17H18FN5S/c18-15-4-1-5-19-17(15)22-7-2-3-13(9-22)16-20-6-8-23(16)10-14-11-24-12-21-14/h1,4-6,8,11-13H,2-3,7,9-10H2. The Hall–Kier alpha value is -2.28. The summed E-state index contributed by atoms with van der Waals surface area (Å²) in [5.74, 6) is 1.50. The molecule has 0 radical (unpaired) electrons. The number of halogens is 1. The molecule has 0 saturated carbocycles. The van der Waals surface area contributed by atoms with Gasteiger partial charge in [0.2, 0.25) is 0 Å². The summed E-state index contributed by atoms with van der Waals surface area (Å²) in [7, 11) is 0. The zero-order valence-corrected chi connectivity index (χ0v) is 14.0. The Morgan fingerprint density at radius 2 is 2.21 bits per heavy atom. The van der Waals surface area contributed by atoms with Crippen LogP contribution < -0.4 is 4.90 Å². The predicted octanol–water partition coefficient (Wildman–Crippen LogP) is 3.31. The van der Waals surface area contributed by atoms with E-state index in [0.29, 0.717) is 5.82 Å². The lowest BCUT2D eigenvalue weighted by Crippen LogP contribution is -2.36. The number of pyridine rings is 1. The zero-order chi connectivity index (χ0) is 16.4. The van der Waals surface area contributed by atoms with Crippen LogP contribution in [0.3, 0.4) is 0 Å². The molecular weight excluding hydrogens is 325 g/mol. The molecular formula is C17H18FN5S. The van der Waals surface area contributed by atoms with E-state index in [2.05, 4.69) is 24.9 Å². The first-order valence-electron chi connectivity index (χ1n) is 8.05. The molecule has 4 heterocycles. The third-order valence-corrected chi connectivity index (χ3v) is 5.02. The van der Waals surface area contributed by atoms with Crippen LogP contribution in [-0.2, 0) is 6.54 Å². The largest absolute Gasteiger partial charge is 0.353 e. The fourth-order valence-electron chi connectivity index (χ4n) is 3.29. The quantitative estimate of drug-likeness (QED) is 0.729. The lowest BCUT2D eigenvalue weighted by Gasteiger charge is -2.33. The molecule has 0 bridgehead atoms. The Labute approximate surface area is 143 Å². The van der Waals surface area contributed by atoms with E-state index in [9.17, 15) is 4.39 Å². The molecule has 7 heteroatoms.